The van der Waals surface area contributed by atoms with Gasteiger partial charge in [-0.2, -0.15) is 0 Å². The topological polar surface area (TPSA) is 116 Å². The molecule has 0 radical (unpaired) electrons. The predicted octanol–water partition coefficient (Wildman–Crippen LogP) is 7.06. The smallest absolute Gasteiger partial charge is 0.334 e. The van der Waals surface area contributed by atoms with E-state index in [2.05, 4.69) is 6.92 Å². The summed E-state index contributed by atoms with van der Waals surface area (Å²) in [4.78, 5) is 11.6. The minimum Gasteiger partial charge on any atom is -0.455 e. The zero-order chi connectivity index (χ0) is 30.6. The molecule has 0 spiro atoms. The number of unbranched alkanes of at least 4 members (excludes halogenated alkanes) is 12. The van der Waals surface area contributed by atoms with Crippen LogP contribution in [0.4, 0.5) is 0 Å². The van der Waals surface area contributed by atoms with Gasteiger partial charge in [-0.05, 0) is 57.9 Å². The first kappa shape index (κ1) is 37.2. The van der Waals surface area contributed by atoms with Crippen LogP contribution in [0.15, 0.2) is 11.6 Å². The van der Waals surface area contributed by atoms with E-state index in [0.717, 1.165) is 70.6 Å². The van der Waals surface area contributed by atoms with Gasteiger partial charge in [0.2, 0.25) is 0 Å². The molecular weight excluding hydrogens is 532 g/mol. The Kier molecular flexibility index (Phi) is 19.9. The van der Waals surface area contributed by atoms with Gasteiger partial charge in [0.25, 0.3) is 0 Å². The highest BCUT2D eigenvalue weighted by Gasteiger charge is 2.34. The first-order valence-electron chi connectivity index (χ1n) is 17.6. The minimum atomic E-state index is -0.530. The molecule has 2 aliphatic rings. The lowest BCUT2D eigenvalue weighted by Gasteiger charge is -2.22. The normalized spacial score (nSPS) is 23.5. The van der Waals surface area contributed by atoms with Crippen LogP contribution >= 0.6 is 0 Å². The van der Waals surface area contributed by atoms with Crippen LogP contribution in [0.25, 0.3) is 0 Å². The third-order valence-corrected chi connectivity index (χ3v) is 9.11. The quantitative estimate of drug-likeness (QED) is 0.0624. The Balaban J connectivity index is 1.41. The molecule has 1 fully saturated rings. The van der Waals surface area contributed by atoms with Crippen molar-refractivity contribution < 1.29 is 34.7 Å². The minimum absolute atomic E-state index is 0.147. The molecule has 42 heavy (non-hydrogen) atoms. The second kappa shape index (κ2) is 22.5. The van der Waals surface area contributed by atoms with Gasteiger partial charge in [0.1, 0.15) is 6.10 Å². The summed E-state index contributed by atoms with van der Waals surface area (Å²) in [5.41, 5.74) is 0.576. The molecule has 7 nitrogen and oxygen atoms in total. The number of esters is 1. The van der Waals surface area contributed by atoms with Crippen molar-refractivity contribution in [1.82, 2.24) is 0 Å². The fourth-order valence-corrected chi connectivity index (χ4v) is 6.42. The average Bonchev–Trinajstić information content (AvgIpc) is 3.58. The van der Waals surface area contributed by atoms with Crippen molar-refractivity contribution in [2.75, 3.05) is 0 Å². The number of rotatable bonds is 26. The van der Waals surface area contributed by atoms with Crippen LogP contribution in [-0.2, 0) is 14.3 Å². The first-order chi connectivity index (χ1) is 20.3. The average molecular weight is 597 g/mol. The number of carbonyl (C=O) groups is 1. The predicted molar refractivity (Wildman–Crippen MR) is 168 cm³/mol. The lowest BCUT2D eigenvalue weighted by molar-refractivity contribution is -0.139. The van der Waals surface area contributed by atoms with Crippen LogP contribution in [-0.4, -0.2) is 69.1 Å². The van der Waals surface area contributed by atoms with E-state index in [4.69, 9.17) is 9.47 Å². The molecule has 0 amide bonds. The van der Waals surface area contributed by atoms with Crippen molar-refractivity contribution in [3.8, 4) is 0 Å². The highest BCUT2D eigenvalue weighted by atomic mass is 16.5. The van der Waals surface area contributed by atoms with Crippen LogP contribution < -0.4 is 0 Å². The highest BCUT2D eigenvalue weighted by Crippen LogP contribution is 2.28. The molecule has 0 saturated carbocycles. The molecule has 2 rings (SSSR count). The Bertz CT molecular complexity index is 726. The molecule has 7 atom stereocenters. The van der Waals surface area contributed by atoms with Crippen LogP contribution in [0.1, 0.15) is 162 Å². The summed E-state index contributed by atoms with van der Waals surface area (Å²) >= 11 is 0. The van der Waals surface area contributed by atoms with E-state index < -0.39 is 18.3 Å². The maximum absolute atomic E-state index is 11.6. The Morgan fingerprint density at radius 2 is 1.10 bits per heavy atom. The summed E-state index contributed by atoms with van der Waals surface area (Å²) in [6.07, 6.45) is 22.4. The molecule has 246 valence electrons. The van der Waals surface area contributed by atoms with Crippen molar-refractivity contribution in [3.05, 3.63) is 11.6 Å². The summed E-state index contributed by atoms with van der Waals surface area (Å²) in [6.45, 7) is 4.07. The lowest BCUT2D eigenvalue weighted by Crippen LogP contribution is -2.31. The standard InChI is InChI=1S/C35H64O7/c1-3-4-5-6-7-8-9-10-11-15-21-31(38)33-23-24-34(42-33)32(39)22-17-16-19-29(36)18-13-12-14-20-30(37)26-28-25-27(2)41-35(28)40/h25,27,29-34,36-39H,3-24,26H2,1-2H3/t27-,29-,30-,31-,32-,33-,34-/m1/s1. The van der Waals surface area contributed by atoms with Crippen molar-refractivity contribution in [2.45, 2.75) is 204 Å². The zero-order valence-electron chi connectivity index (χ0n) is 26.9. The Labute approximate surface area is 256 Å². The summed E-state index contributed by atoms with van der Waals surface area (Å²) in [5.74, 6) is -0.314. The van der Waals surface area contributed by atoms with Gasteiger partial charge in [-0.15, -0.1) is 0 Å². The Morgan fingerprint density at radius 3 is 1.62 bits per heavy atom. The molecular formula is C35H64O7. The number of carbonyl (C=O) groups excluding carboxylic acids is 1. The van der Waals surface area contributed by atoms with E-state index in [9.17, 15) is 25.2 Å². The van der Waals surface area contributed by atoms with Crippen LogP contribution in [0.5, 0.6) is 0 Å². The van der Waals surface area contributed by atoms with E-state index in [1.165, 1.54) is 57.8 Å². The Morgan fingerprint density at radius 1 is 0.667 bits per heavy atom. The molecule has 2 heterocycles. The largest absolute Gasteiger partial charge is 0.455 e. The Hall–Kier alpha value is -0.990. The first-order valence-corrected chi connectivity index (χ1v) is 17.6. The number of aliphatic hydroxyl groups is 4. The number of hydrogen-bond acceptors (Lipinski definition) is 7. The molecule has 2 aliphatic heterocycles. The van der Waals surface area contributed by atoms with Gasteiger partial charge in [-0.1, -0.05) is 103 Å². The molecule has 0 aliphatic carbocycles. The fraction of sp³-hybridized carbons (Fsp3) is 0.914. The maximum Gasteiger partial charge on any atom is 0.334 e. The molecule has 0 unspecified atom stereocenters. The highest BCUT2D eigenvalue weighted by molar-refractivity contribution is 5.90. The van der Waals surface area contributed by atoms with E-state index in [0.29, 0.717) is 24.8 Å². The SMILES string of the molecule is CCCCCCCCCCCC[C@@H](O)[C@H]1CC[C@H]([C@H](O)CCCC[C@H](O)CCCCC[C@@H](O)CC2=C[C@@H](C)OC2=O)O1. The summed E-state index contributed by atoms with van der Waals surface area (Å²) in [6, 6.07) is 0. The fourth-order valence-electron chi connectivity index (χ4n) is 6.42. The van der Waals surface area contributed by atoms with Gasteiger partial charge in [0, 0.05) is 12.0 Å². The molecule has 0 aromatic heterocycles. The van der Waals surface area contributed by atoms with Gasteiger partial charge < -0.3 is 29.9 Å². The number of hydrogen-bond donors (Lipinski definition) is 4. The molecule has 1 saturated heterocycles. The molecule has 0 bridgehead atoms. The zero-order valence-corrected chi connectivity index (χ0v) is 26.9. The van der Waals surface area contributed by atoms with Gasteiger partial charge >= 0.3 is 5.97 Å². The second-order valence-electron chi connectivity index (χ2n) is 13.1. The monoisotopic (exact) mass is 596 g/mol. The van der Waals surface area contributed by atoms with E-state index in [1.807, 2.05) is 6.92 Å². The molecule has 0 aromatic carbocycles. The van der Waals surface area contributed by atoms with Crippen molar-refractivity contribution in [3.63, 3.8) is 0 Å². The summed E-state index contributed by atoms with van der Waals surface area (Å²) < 4.78 is 11.1. The van der Waals surface area contributed by atoms with Gasteiger partial charge in [0.05, 0.1) is 36.6 Å². The van der Waals surface area contributed by atoms with E-state index in [1.54, 1.807) is 6.08 Å². The number of ether oxygens (including phenoxy) is 2. The maximum atomic E-state index is 11.6. The third kappa shape index (κ3) is 16.2. The number of cyclic esters (lactones) is 1. The van der Waals surface area contributed by atoms with Gasteiger partial charge in [-0.3, -0.25) is 0 Å². The third-order valence-electron chi connectivity index (χ3n) is 9.11. The number of aliphatic hydroxyl groups excluding tert-OH is 4. The summed E-state index contributed by atoms with van der Waals surface area (Å²) in [5, 5.41) is 41.7. The van der Waals surface area contributed by atoms with Crippen LogP contribution in [0.2, 0.25) is 0 Å². The van der Waals surface area contributed by atoms with Crippen LogP contribution in [0, 0.1) is 0 Å². The summed E-state index contributed by atoms with van der Waals surface area (Å²) in [7, 11) is 0. The van der Waals surface area contributed by atoms with Crippen molar-refractivity contribution in [1.29, 1.82) is 0 Å². The molecule has 7 heteroatoms. The molecule has 4 N–H and O–H groups in total. The molecule has 0 aromatic rings. The van der Waals surface area contributed by atoms with Crippen molar-refractivity contribution in [2.24, 2.45) is 0 Å². The van der Waals surface area contributed by atoms with Crippen LogP contribution in [0.3, 0.4) is 0 Å². The van der Waals surface area contributed by atoms with Crippen molar-refractivity contribution >= 4 is 5.97 Å². The lowest BCUT2D eigenvalue weighted by atomic mass is 9.99. The second-order valence-corrected chi connectivity index (χ2v) is 13.1. The van der Waals surface area contributed by atoms with E-state index >= 15 is 0 Å². The van der Waals surface area contributed by atoms with E-state index in [-0.39, 0.29) is 30.4 Å². The van der Waals surface area contributed by atoms with Gasteiger partial charge in [0.15, 0.2) is 0 Å². The van der Waals surface area contributed by atoms with Gasteiger partial charge in [-0.25, -0.2) is 4.79 Å².